The zero-order valence-electron chi connectivity index (χ0n) is 12.3. The van der Waals surface area contributed by atoms with Crippen molar-refractivity contribution < 1.29 is 9.53 Å². The minimum atomic E-state index is -0.0884. The van der Waals surface area contributed by atoms with Crippen LogP contribution in [0.2, 0.25) is 0 Å². The summed E-state index contributed by atoms with van der Waals surface area (Å²) in [5, 5.41) is 3.72. The fourth-order valence-corrected chi connectivity index (χ4v) is 3.94. The molecule has 1 atom stereocenters. The first-order valence-electron chi connectivity index (χ1n) is 6.68. The van der Waals surface area contributed by atoms with E-state index in [2.05, 4.69) is 17.2 Å². The first-order chi connectivity index (χ1) is 10.0. The molecule has 21 heavy (non-hydrogen) atoms. The Morgan fingerprint density at radius 1 is 1.62 bits per heavy atom. The number of nitrogens with zero attached hydrogens (tertiary/aromatic N) is 2. The highest BCUT2D eigenvalue weighted by Gasteiger charge is 2.25. The molecule has 1 N–H and O–H groups in total. The molecule has 8 heteroatoms. The van der Waals surface area contributed by atoms with Crippen LogP contribution in [0.5, 0.6) is 0 Å². The molecule has 0 saturated carbocycles. The van der Waals surface area contributed by atoms with Gasteiger partial charge in [0.1, 0.15) is 0 Å². The van der Waals surface area contributed by atoms with Crippen LogP contribution in [0.3, 0.4) is 0 Å². The van der Waals surface area contributed by atoms with Crippen LogP contribution >= 0.6 is 23.5 Å². The maximum atomic E-state index is 12.3. The quantitative estimate of drug-likeness (QED) is 0.470. The van der Waals surface area contributed by atoms with Gasteiger partial charge in [-0.25, -0.2) is 4.98 Å². The molecule has 0 bridgehead atoms. The van der Waals surface area contributed by atoms with Crippen LogP contribution in [0.1, 0.15) is 12.6 Å². The number of aromatic nitrogens is 2. The van der Waals surface area contributed by atoms with E-state index in [0.717, 1.165) is 17.0 Å². The summed E-state index contributed by atoms with van der Waals surface area (Å²) in [5.74, 6) is 0.153. The molecular weight excluding hydrogens is 310 g/mol. The maximum absolute atomic E-state index is 12.3. The van der Waals surface area contributed by atoms with Crippen LogP contribution in [0.4, 0.5) is 0 Å². The third-order valence-electron chi connectivity index (χ3n) is 3.04. The van der Waals surface area contributed by atoms with E-state index in [-0.39, 0.29) is 17.2 Å². The number of rotatable bonds is 6. The van der Waals surface area contributed by atoms with Gasteiger partial charge in [0.05, 0.1) is 22.9 Å². The van der Waals surface area contributed by atoms with E-state index < -0.39 is 0 Å². The molecule has 2 rings (SSSR count). The van der Waals surface area contributed by atoms with Crippen molar-refractivity contribution in [2.75, 3.05) is 26.0 Å². The van der Waals surface area contributed by atoms with Gasteiger partial charge >= 0.3 is 0 Å². The second kappa shape index (κ2) is 7.33. The van der Waals surface area contributed by atoms with Crippen LogP contribution < -0.4 is 10.9 Å². The van der Waals surface area contributed by atoms with Gasteiger partial charge in [0, 0.05) is 32.4 Å². The maximum Gasteiger partial charge on any atom is 0.267 e. The van der Waals surface area contributed by atoms with Crippen molar-refractivity contribution in [1.82, 2.24) is 14.9 Å². The lowest BCUT2D eigenvalue weighted by atomic mass is 10.2. The van der Waals surface area contributed by atoms with E-state index in [1.165, 1.54) is 16.3 Å². The van der Waals surface area contributed by atoms with E-state index in [1.54, 1.807) is 25.9 Å². The van der Waals surface area contributed by atoms with E-state index in [1.807, 2.05) is 0 Å². The minimum absolute atomic E-state index is 0.0170. The van der Waals surface area contributed by atoms with Crippen molar-refractivity contribution >= 4 is 29.4 Å². The SMILES string of the molecule is COCCNC(=O)CSc1nc2c(c(=O)n1C)SC(C)C2. The van der Waals surface area contributed by atoms with Gasteiger partial charge in [-0.1, -0.05) is 18.7 Å². The molecular formula is C13H19N3O3S2. The monoisotopic (exact) mass is 329 g/mol. The average molecular weight is 329 g/mol. The number of methoxy groups -OCH3 is 1. The molecule has 0 saturated heterocycles. The van der Waals surface area contributed by atoms with E-state index >= 15 is 0 Å². The number of thioether (sulfide) groups is 2. The molecule has 116 valence electrons. The molecule has 0 radical (unpaired) electrons. The number of amides is 1. The molecule has 6 nitrogen and oxygen atoms in total. The molecule has 0 spiro atoms. The predicted molar refractivity (Wildman–Crippen MR) is 84.1 cm³/mol. The Labute approximate surface area is 132 Å². The van der Waals surface area contributed by atoms with Crippen LogP contribution in [-0.4, -0.2) is 46.7 Å². The number of carbonyl (C=O) groups is 1. The first kappa shape index (κ1) is 16.4. The molecule has 0 aromatic carbocycles. The van der Waals surface area contributed by atoms with E-state index in [0.29, 0.717) is 23.6 Å². The van der Waals surface area contributed by atoms with Crippen molar-refractivity contribution in [3.8, 4) is 0 Å². The predicted octanol–water partition coefficient (Wildman–Crippen LogP) is 0.672. The average Bonchev–Trinajstić information content (AvgIpc) is 2.82. The van der Waals surface area contributed by atoms with Gasteiger partial charge in [-0.15, -0.1) is 11.8 Å². The highest BCUT2D eigenvalue weighted by molar-refractivity contribution is 8.00. The van der Waals surface area contributed by atoms with E-state index in [4.69, 9.17) is 4.74 Å². The molecule has 2 heterocycles. The fraction of sp³-hybridized carbons (Fsp3) is 0.615. The Bertz CT molecular complexity index is 589. The summed E-state index contributed by atoms with van der Waals surface area (Å²) in [5.41, 5.74) is 0.842. The van der Waals surface area contributed by atoms with Gasteiger partial charge in [-0.3, -0.25) is 14.2 Å². The number of hydrogen-bond acceptors (Lipinski definition) is 6. The standard InChI is InChI=1S/C13H19N3O3S2/c1-8-6-9-11(21-8)12(18)16(2)13(15-9)20-7-10(17)14-4-5-19-3/h8H,4-7H2,1-3H3,(H,14,17). The Morgan fingerprint density at radius 3 is 3.10 bits per heavy atom. The second-order valence-corrected chi connectivity index (χ2v) is 7.19. The summed E-state index contributed by atoms with van der Waals surface area (Å²) in [4.78, 5) is 29.2. The molecule has 1 unspecified atom stereocenters. The Kier molecular flexibility index (Phi) is 5.72. The molecule has 1 amide bonds. The number of fused-ring (bicyclic) bond motifs is 1. The lowest BCUT2D eigenvalue weighted by Crippen LogP contribution is -2.29. The lowest BCUT2D eigenvalue weighted by molar-refractivity contribution is -0.118. The summed E-state index contributed by atoms with van der Waals surface area (Å²) in [6.45, 7) is 3.06. The number of nitrogens with one attached hydrogen (secondary N) is 1. The zero-order valence-corrected chi connectivity index (χ0v) is 14.0. The van der Waals surface area contributed by atoms with Crippen molar-refractivity contribution in [2.24, 2.45) is 7.05 Å². The number of ether oxygens (including phenoxy) is 1. The zero-order chi connectivity index (χ0) is 15.4. The van der Waals surface area contributed by atoms with Crippen molar-refractivity contribution in [3.63, 3.8) is 0 Å². The topological polar surface area (TPSA) is 73.2 Å². The minimum Gasteiger partial charge on any atom is -0.383 e. The van der Waals surface area contributed by atoms with Gasteiger partial charge < -0.3 is 10.1 Å². The summed E-state index contributed by atoms with van der Waals surface area (Å²) in [6, 6.07) is 0. The van der Waals surface area contributed by atoms with Crippen LogP contribution in [0.25, 0.3) is 0 Å². The Balaban J connectivity index is 2.02. The fourth-order valence-electron chi connectivity index (χ4n) is 1.98. The third-order valence-corrected chi connectivity index (χ3v) is 5.28. The van der Waals surface area contributed by atoms with Gasteiger partial charge in [0.15, 0.2) is 5.16 Å². The smallest absolute Gasteiger partial charge is 0.267 e. The third kappa shape index (κ3) is 4.02. The molecule has 1 aliphatic heterocycles. The summed E-state index contributed by atoms with van der Waals surface area (Å²) in [7, 11) is 3.29. The lowest BCUT2D eigenvalue weighted by Gasteiger charge is -2.09. The normalized spacial score (nSPS) is 16.8. The number of hydrogen-bond donors (Lipinski definition) is 1. The van der Waals surface area contributed by atoms with Crippen molar-refractivity contribution in [2.45, 2.75) is 28.6 Å². The summed E-state index contributed by atoms with van der Waals surface area (Å²) in [6.07, 6.45) is 0.809. The van der Waals surface area contributed by atoms with Crippen molar-refractivity contribution in [1.29, 1.82) is 0 Å². The van der Waals surface area contributed by atoms with Crippen LogP contribution in [-0.2, 0) is 23.0 Å². The Hall–Kier alpha value is -0.990. The van der Waals surface area contributed by atoms with Crippen LogP contribution in [0.15, 0.2) is 14.8 Å². The highest BCUT2D eigenvalue weighted by Crippen LogP contribution is 2.33. The molecule has 1 aromatic rings. The Morgan fingerprint density at radius 2 is 2.38 bits per heavy atom. The highest BCUT2D eigenvalue weighted by atomic mass is 32.2. The molecule has 1 aromatic heterocycles. The van der Waals surface area contributed by atoms with E-state index in [9.17, 15) is 9.59 Å². The largest absolute Gasteiger partial charge is 0.383 e. The number of carbonyl (C=O) groups excluding carboxylic acids is 1. The molecule has 0 aliphatic carbocycles. The van der Waals surface area contributed by atoms with Gasteiger partial charge in [-0.05, 0) is 0 Å². The summed E-state index contributed by atoms with van der Waals surface area (Å²) >= 11 is 2.86. The molecule has 1 aliphatic rings. The second-order valence-electron chi connectivity index (χ2n) is 4.80. The van der Waals surface area contributed by atoms with Gasteiger partial charge in [-0.2, -0.15) is 0 Å². The summed E-state index contributed by atoms with van der Waals surface area (Å²) < 4.78 is 6.39. The van der Waals surface area contributed by atoms with Gasteiger partial charge in [0.25, 0.3) is 5.56 Å². The first-order valence-corrected chi connectivity index (χ1v) is 8.54. The molecule has 0 fully saturated rings. The van der Waals surface area contributed by atoms with Crippen LogP contribution in [0, 0.1) is 0 Å². The van der Waals surface area contributed by atoms with Crippen molar-refractivity contribution in [3.05, 3.63) is 16.0 Å². The van der Waals surface area contributed by atoms with Gasteiger partial charge in [0.2, 0.25) is 5.91 Å².